The highest BCUT2D eigenvalue weighted by atomic mass is 16.4. The Hall–Kier alpha value is -3.30. The minimum absolute atomic E-state index is 0.0520. The van der Waals surface area contributed by atoms with Crippen molar-refractivity contribution in [1.29, 1.82) is 0 Å². The van der Waals surface area contributed by atoms with E-state index >= 15 is 0 Å². The third kappa shape index (κ3) is 12.2. The van der Waals surface area contributed by atoms with E-state index in [4.69, 9.17) is 15.1 Å². The van der Waals surface area contributed by atoms with E-state index < -0.39 is 5.97 Å². The van der Waals surface area contributed by atoms with E-state index in [-0.39, 0.29) is 97.1 Å². The number of hydrogen-bond donors (Lipinski definition) is 3. The van der Waals surface area contributed by atoms with Gasteiger partial charge in [0.1, 0.15) is 11.5 Å². The molecule has 3 N–H and O–H groups in total. The molecule has 0 bridgehead atoms. The smallest absolute Gasteiger partial charge is 0.303 e. The lowest BCUT2D eigenvalue weighted by atomic mass is 9.75. The summed E-state index contributed by atoms with van der Waals surface area (Å²) in [6.45, 7) is 16.7. The molecule has 2 aliphatic carbocycles. The first-order valence-electron chi connectivity index (χ1n) is 16.3. The van der Waals surface area contributed by atoms with Gasteiger partial charge >= 0.3 is 5.97 Å². The summed E-state index contributed by atoms with van der Waals surface area (Å²) >= 11 is 0. The minimum Gasteiger partial charge on any atom is -0.511 e. The Labute approximate surface area is 268 Å². The highest BCUT2D eigenvalue weighted by Crippen LogP contribution is 2.38. The zero-order valence-electron chi connectivity index (χ0n) is 28.7. The summed E-state index contributed by atoms with van der Waals surface area (Å²) in [4.78, 5) is 61.4. The van der Waals surface area contributed by atoms with Crippen molar-refractivity contribution in [2.75, 3.05) is 26.2 Å². The van der Waals surface area contributed by atoms with Crippen LogP contribution in [0, 0.1) is 22.7 Å². The molecule has 10 heteroatoms. The Morgan fingerprint density at radius 1 is 0.733 bits per heavy atom. The van der Waals surface area contributed by atoms with Crippen LogP contribution in [0.15, 0.2) is 32.6 Å². The second-order valence-corrected chi connectivity index (χ2v) is 15.0. The predicted octanol–water partition coefficient (Wildman–Crippen LogP) is 6.45. The molecule has 0 saturated heterocycles. The van der Waals surface area contributed by atoms with E-state index in [0.717, 1.165) is 0 Å². The molecule has 0 saturated carbocycles. The maximum atomic E-state index is 13.2. The Kier molecular flexibility index (Phi) is 13.7. The summed E-state index contributed by atoms with van der Waals surface area (Å²) in [7, 11) is 0. The number of nitrogens with zero attached hydrogens (tertiary/aromatic N) is 3. The normalized spacial score (nSPS) is 19.2. The van der Waals surface area contributed by atoms with Gasteiger partial charge in [-0.3, -0.25) is 29.2 Å². The van der Waals surface area contributed by atoms with Crippen LogP contribution in [-0.4, -0.2) is 81.3 Å². The Bertz CT molecular complexity index is 1170. The lowest BCUT2D eigenvalue weighted by molar-refractivity contribution is -0.137. The number of amides is 1. The van der Waals surface area contributed by atoms with Gasteiger partial charge in [0.2, 0.25) is 5.91 Å². The van der Waals surface area contributed by atoms with Crippen molar-refractivity contribution in [3.05, 3.63) is 22.7 Å². The van der Waals surface area contributed by atoms with Crippen LogP contribution in [0.4, 0.5) is 0 Å². The molecule has 0 aromatic carbocycles. The monoisotopic (exact) mass is 629 g/mol. The molecular formula is C35H55N3O7. The van der Waals surface area contributed by atoms with Crippen molar-refractivity contribution in [1.82, 2.24) is 4.90 Å². The van der Waals surface area contributed by atoms with E-state index in [1.807, 2.05) is 55.4 Å². The second-order valence-electron chi connectivity index (χ2n) is 15.0. The average molecular weight is 630 g/mol. The van der Waals surface area contributed by atoms with Gasteiger partial charge in [-0.2, -0.15) is 0 Å². The quantitative estimate of drug-likeness (QED) is 0.166. The fraction of sp³-hybridized carbons (Fsp3) is 0.714. The molecule has 1 amide bonds. The Balaban J connectivity index is 2.32. The second kappa shape index (κ2) is 16.3. The van der Waals surface area contributed by atoms with E-state index in [0.29, 0.717) is 61.1 Å². The number of aliphatic hydroxyl groups is 2. The van der Waals surface area contributed by atoms with Gasteiger partial charge in [-0.25, -0.2) is 0 Å². The van der Waals surface area contributed by atoms with E-state index in [1.165, 1.54) is 0 Å². The number of carboxylic acid groups (broad SMARTS) is 1. The lowest BCUT2D eigenvalue weighted by Gasteiger charge is -2.30. The molecule has 10 nitrogen and oxygen atoms in total. The van der Waals surface area contributed by atoms with Crippen molar-refractivity contribution >= 4 is 34.9 Å². The fourth-order valence-corrected chi connectivity index (χ4v) is 6.02. The maximum Gasteiger partial charge on any atom is 0.303 e. The molecule has 2 aliphatic rings. The molecule has 0 aromatic heterocycles. The van der Waals surface area contributed by atoms with Crippen LogP contribution in [0.2, 0.25) is 0 Å². The number of ketones is 2. The molecule has 0 aromatic rings. The third-order valence-corrected chi connectivity index (χ3v) is 7.96. The van der Waals surface area contributed by atoms with Crippen molar-refractivity contribution in [2.45, 2.75) is 113 Å². The Morgan fingerprint density at radius 2 is 1.13 bits per heavy atom. The number of carboxylic acids is 1. The summed E-state index contributed by atoms with van der Waals surface area (Å²) in [6, 6.07) is 0. The summed E-state index contributed by atoms with van der Waals surface area (Å²) in [5.41, 5.74) is 1.01. The molecule has 0 heterocycles. The first kappa shape index (κ1) is 37.9. The van der Waals surface area contributed by atoms with Crippen LogP contribution in [0.3, 0.4) is 0 Å². The van der Waals surface area contributed by atoms with Crippen molar-refractivity contribution in [3.8, 4) is 0 Å². The Morgan fingerprint density at radius 3 is 1.47 bits per heavy atom. The van der Waals surface area contributed by atoms with Crippen LogP contribution in [0.25, 0.3) is 0 Å². The number of aliphatic carboxylic acids is 1. The van der Waals surface area contributed by atoms with E-state index in [2.05, 4.69) is 0 Å². The van der Waals surface area contributed by atoms with Gasteiger partial charge in [-0.1, -0.05) is 55.4 Å². The van der Waals surface area contributed by atoms with Crippen LogP contribution in [0.1, 0.15) is 113 Å². The topological polar surface area (TPSA) is 157 Å². The summed E-state index contributed by atoms with van der Waals surface area (Å²) in [5.74, 6) is -0.967. The van der Waals surface area contributed by atoms with Crippen LogP contribution >= 0.6 is 0 Å². The molecule has 2 rings (SSSR count). The van der Waals surface area contributed by atoms with Crippen molar-refractivity contribution in [3.63, 3.8) is 0 Å². The summed E-state index contributed by atoms with van der Waals surface area (Å²) in [5, 5.41) is 30.7. The number of Topliss-reactive ketones (excluding diaryl/α,β-unsaturated/α-hetero) is 2. The first-order valence-corrected chi connectivity index (χ1v) is 16.3. The SMILES string of the molecule is CC(C)CC(=NCCN(CCN=C(CC(C)C)C1=C(O)CC(C)(C)CC1=O)C(=O)CCCC(=O)O)C1=C(O)CC(C)(C)CC1=O. The van der Waals surface area contributed by atoms with Crippen LogP contribution in [0.5, 0.6) is 0 Å². The van der Waals surface area contributed by atoms with Gasteiger partial charge in [-0.15, -0.1) is 0 Å². The number of rotatable bonds is 16. The largest absolute Gasteiger partial charge is 0.511 e. The molecule has 45 heavy (non-hydrogen) atoms. The molecular weight excluding hydrogens is 574 g/mol. The van der Waals surface area contributed by atoms with Gasteiger partial charge < -0.3 is 20.2 Å². The minimum atomic E-state index is -0.970. The number of carbonyl (C=O) groups is 4. The summed E-state index contributed by atoms with van der Waals surface area (Å²) in [6.07, 6.45) is 2.56. The number of allylic oxidation sites excluding steroid dienone is 4. The number of hydrogen-bond acceptors (Lipinski definition) is 8. The molecule has 0 fully saturated rings. The number of aliphatic imine (C=N–C) groups is 2. The fourth-order valence-electron chi connectivity index (χ4n) is 6.02. The third-order valence-electron chi connectivity index (χ3n) is 7.96. The van der Waals surface area contributed by atoms with Crippen LogP contribution < -0.4 is 0 Å². The lowest BCUT2D eigenvalue weighted by Crippen LogP contribution is -2.36. The zero-order chi connectivity index (χ0) is 34.1. The van der Waals surface area contributed by atoms with Gasteiger partial charge in [-0.05, 0) is 41.9 Å². The maximum absolute atomic E-state index is 13.2. The molecule has 0 radical (unpaired) electrons. The zero-order valence-corrected chi connectivity index (χ0v) is 28.7. The summed E-state index contributed by atoms with van der Waals surface area (Å²) < 4.78 is 0. The van der Waals surface area contributed by atoms with Gasteiger partial charge in [0.15, 0.2) is 11.6 Å². The van der Waals surface area contributed by atoms with E-state index in [1.54, 1.807) is 4.90 Å². The predicted molar refractivity (Wildman–Crippen MR) is 177 cm³/mol. The van der Waals surface area contributed by atoms with Crippen LogP contribution in [-0.2, 0) is 19.2 Å². The molecule has 0 spiro atoms. The van der Waals surface area contributed by atoms with Gasteiger partial charge in [0.25, 0.3) is 0 Å². The number of carbonyl (C=O) groups excluding carboxylic acids is 3. The number of aliphatic hydroxyl groups excluding tert-OH is 2. The molecule has 0 aliphatic heterocycles. The average Bonchev–Trinajstić information content (AvgIpc) is 2.84. The van der Waals surface area contributed by atoms with E-state index in [9.17, 15) is 29.4 Å². The van der Waals surface area contributed by atoms with Gasteiger partial charge in [0, 0.05) is 63.0 Å². The highest BCUT2D eigenvalue weighted by molar-refractivity contribution is 6.24. The van der Waals surface area contributed by atoms with Crippen molar-refractivity contribution in [2.24, 2.45) is 32.7 Å². The van der Waals surface area contributed by atoms with Crippen molar-refractivity contribution < 1.29 is 34.5 Å². The standard InChI is InChI=1S/C35H55N3O7/c1-22(2)16-24(32-26(39)18-34(5,6)19-27(32)40)36-12-14-38(30(43)10-9-11-31(44)45)15-13-37-25(17-23(3)4)33-28(41)20-35(7,8)21-29(33)42/h22-23,39,41H,9-21H2,1-8H3,(H,44,45). The molecule has 252 valence electrons. The highest BCUT2D eigenvalue weighted by Gasteiger charge is 2.36. The first-order chi connectivity index (χ1) is 20.8. The van der Waals surface area contributed by atoms with Gasteiger partial charge in [0.05, 0.1) is 24.2 Å². The molecule has 0 unspecified atom stereocenters. The molecule has 0 atom stereocenters.